The minimum atomic E-state index is -3.79. The monoisotopic (exact) mass is 315 g/mol. The largest absolute Gasteiger partial charge is 0.507 e. The van der Waals surface area contributed by atoms with Gasteiger partial charge in [0, 0.05) is 19.7 Å². The van der Waals surface area contributed by atoms with Gasteiger partial charge in [0.2, 0.25) is 10.0 Å². The number of piperidine rings is 1. The Balaban J connectivity index is 2.28. The average Bonchev–Trinajstić information content (AvgIpc) is 2.47. The third-order valence-electron chi connectivity index (χ3n) is 3.67. The minimum absolute atomic E-state index is 0.0380. The van der Waals surface area contributed by atoms with Crippen molar-refractivity contribution in [3.8, 4) is 5.75 Å². The van der Waals surface area contributed by atoms with Gasteiger partial charge >= 0.3 is 5.97 Å². The van der Waals surface area contributed by atoms with Crippen LogP contribution in [0.25, 0.3) is 0 Å². The topological polar surface area (TPSA) is 115 Å². The number of phenols is 1. The lowest BCUT2D eigenvalue weighted by molar-refractivity contribution is 0.0693. The van der Waals surface area contributed by atoms with Gasteiger partial charge in [-0.15, -0.1) is 0 Å². The highest BCUT2D eigenvalue weighted by molar-refractivity contribution is 7.89. The van der Waals surface area contributed by atoms with E-state index in [-0.39, 0.29) is 30.5 Å². The second-order valence-electron chi connectivity index (χ2n) is 5.01. The number of hydrogen-bond acceptors (Lipinski definition) is 5. The maximum atomic E-state index is 12.5. The van der Waals surface area contributed by atoms with Crippen molar-refractivity contribution < 1.29 is 28.5 Å². The van der Waals surface area contributed by atoms with Crippen molar-refractivity contribution >= 4 is 16.0 Å². The summed E-state index contributed by atoms with van der Waals surface area (Å²) in [5.41, 5.74) is -0.443. The lowest BCUT2D eigenvalue weighted by Crippen LogP contribution is -2.39. The van der Waals surface area contributed by atoms with Crippen LogP contribution >= 0.6 is 0 Å². The number of nitrogens with zero attached hydrogens (tertiary/aromatic N) is 1. The first kappa shape index (κ1) is 15.7. The molecule has 0 spiro atoms. The first-order chi connectivity index (χ1) is 9.86. The van der Waals surface area contributed by atoms with Crippen molar-refractivity contribution in [2.75, 3.05) is 19.7 Å². The van der Waals surface area contributed by atoms with Gasteiger partial charge in [-0.2, -0.15) is 4.31 Å². The van der Waals surface area contributed by atoms with Crippen LogP contribution in [-0.4, -0.2) is 53.7 Å². The molecule has 1 saturated heterocycles. The molecule has 0 saturated carbocycles. The molecule has 1 aliphatic rings. The van der Waals surface area contributed by atoms with Gasteiger partial charge in [-0.25, -0.2) is 13.2 Å². The number of sulfonamides is 1. The smallest absolute Gasteiger partial charge is 0.339 e. The average molecular weight is 315 g/mol. The molecule has 1 heterocycles. The number of carboxylic acid groups (broad SMARTS) is 1. The van der Waals surface area contributed by atoms with Gasteiger partial charge in [0.05, 0.1) is 4.90 Å². The number of hydrogen-bond donors (Lipinski definition) is 3. The molecule has 1 aromatic carbocycles. The quantitative estimate of drug-likeness (QED) is 0.744. The van der Waals surface area contributed by atoms with E-state index in [0.717, 1.165) is 12.1 Å². The summed E-state index contributed by atoms with van der Waals surface area (Å²) in [7, 11) is -3.79. The van der Waals surface area contributed by atoms with Crippen LogP contribution in [0.2, 0.25) is 0 Å². The Morgan fingerprint density at radius 3 is 2.43 bits per heavy atom. The van der Waals surface area contributed by atoms with Crippen LogP contribution in [-0.2, 0) is 10.0 Å². The summed E-state index contributed by atoms with van der Waals surface area (Å²) in [4.78, 5) is 10.8. The van der Waals surface area contributed by atoms with E-state index in [9.17, 15) is 18.3 Å². The van der Waals surface area contributed by atoms with Gasteiger partial charge in [-0.3, -0.25) is 0 Å². The van der Waals surface area contributed by atoms with Gasteiger partial charge in [-0.05, 0) is 37.0 Å². The third kappa shape index (κ3) is 3.17. The van der Waals surface area contributed by atoms with E-state index in [1.807, 2.05) is 0 Å². The van der Waals surface area contributed by atoms with Crippen molar-refractivity contribution in [1.82, 2.24) is 4.31 Å². The van der Waals surface area contributed by atoms with Gasteiger partial charge in [0.25, 0.3) is 0 Å². The Bertz CT molecular complexity index is 634. The van der Waals surface area contributed by atoms with Crippen LogP contribution in [0, 0.1) is 5.92 Å². The molecule has 0 radical (unpaired) electrons. The van der Waals surface area contributed by atoms with Crippen molar-refractivity contribution in [1.29, 1.82) is 0 Å². The summed E-state index contributed by atoms with van der Waals surface area (Å²) in [6, 6.07) is 3.22. The zero-order valence-corrected chi connectivity index (χ0v) is 12.1. The molecule has 2 rings (SSSR count). The molecule has 0 atom stereocenters. The summed E-state index contributed by atoms with van der Waals surface area (Å²) in [5, 5.41) is 27.4. The Kier molecular flexibility index (Phi) is 4.50. The zero-order chi connectivity index (χ0) is 15.6. The Hall–Kier alpha value is -1.64. The second-order valence-corrected chi connectivity index (χ2v) is 6.95. The van der Waals surface area contributed by atoms with E-state index in [4.69, 9.17) is 10.2 Å². The highest BCUT2D eigenvalue weighted by Crippen LogP contribution is 2.26. The van der Waals surface area contributed by atoms with Crippen LogP contribution in [0.3, 0.4) is 0 Å². The minimum Gasteiger partial charge on any atom is -0.507 e. The number of rotatable bonds is 4. The molecule has 8 heteroatoms. The van der Waals surface area contributed by atoms with Crippen LogP contribution in [0.1, 0.15) is 23.2 Å². The number of aliphatic hydroxyl groups excluding tert-OH is 1. The number of carboxylic acids is 1. The number of carbonyl (C=O) groups is 1. The van der Waals surface area contributed by atoms with E-state index in [0.29, 0.717) is 12.8 Å². The van der Waals surface area contributed by atoms with E-state index in [1.165, 1.54) is 10.4 Å². The van der Waals surface area contributed by atoms with Crippen LogP contribution in [0.4, 0.5) is 0 Å². The summed E-state index contributed by atoms with van der Waals surface area (Å²) in [6.45, 7) is 0.615. The maximum Gasteiger partial charge on any atom is 0.339 e. The predicted octanol–water partition coefficient (Wildman–Crippen LogP) is 0.483. The molecule has 1 aromatic rings. The number of aromatic hydroxyl groups is 1. The molecule has 0 amide bonds. The van der Waals surface area contributed by atoms with Crippen LogP contribution < -0.4 is 0 Å². The van der Waals surface area contributed by atoms with Gasteiger partial charge < -0.3 is 15.3 Å². The fourth-order valence-corrected chi connectivity index (χ4v) is 3.82. The van der Waals surface area contributed by atoms with Crippen molar-refractivity contribution in [3.63, 3.8) is 0 Å². The highest BCUT2D eigenvalue weighted by Gasteiger charge is 2.30. The molecule has 3 N–H and O–H groups in total. The van der Waals surface area contributed by atoms with Crippen molar-refractivity contribution in [2.24, 2.45) is 5.92 Å². The van der Waals surface area contributed by atoms with E-state index < -0.39 is 27.3 Å². The van der Waals surface area contributed by atoms with Crippen molar-refractivity contribution in [3.05, 3.63) is 23.8 Å². The molecule has 0 unspecified atom stereocenters. The first-order valence-electron chi connectivity index (χ1n) is 6.53. The lowest BCUT2D eigenvalue weighted by atomic mass is 10.00. The molecule has 0 bridgehead atoms. The lowest BCUT2D eigenvalue weighted by Gasteiger charge is -2.30. The summed E-state index contributed by atoms with van der Waals surface area (Å²) in [6.07, 6.45) is 1.14. The van der Waals surface area contributed by atoms with Gasteiger partial charge in [0.15, 0.2) is 0 Å². The molecule has 1 fully saturated rings. The standard InChI is InChI=1S/C13H17NO6S/c15-8-9-3-5-14(6-4-9)21(19,20)10-1-2-12(16)11(7-10)13(17)18/h1-2,7,9,15-16H,3-6,8H2,(H,17,18). The second kappa shape index (κ2) is 6.00. The van der Waals surface area contributed by atoms with E-state index >= 15 is 0 Å². The molecular formula is C13H17NO6S. The molecule has 21 heavy (non-hydrogen) atoms. The molecular weight excluding hydrogens is 298 g/mol. The number of aromatic carboxylic acids is 1. The SMILES string of the molecule is O=C(O)c1cc(S(=O)(=O)N2CCC(CO)CC2)ccc1O. The summed E-state index contributed by atoms with van der Waals surface area (Å²) < 4.78 is 26.2. The van der Waals surface area contributed by atoms with E-state index in [2.05, 4.69) is 0 Å². The molecule has 1 aliphatic heterocycles. The summed E-state index contributed by atoms with van der Waals surface area (Å²) >= 11 is 0. The maximum absolute atomic E-state index is 12.5. The van der Waals surface area contributed by atoms with Crippen molar-refractivity contribution in [2.45, 2.75) is 17.7 Å². The number of aliphatic hydroxyl groups is 1. The fraction of sp³-hybridized carbons (Fsp3) is 0.462. The Labute approximate surface area is 122 Å². The number of benzene rings is 1. The van der Waals surface area contributed by atoms with Crippen LogP contribution in [0.5, 0.6) is 5.75 Å². The molecule has 0 aliphatic carbocycles. The normalized spacial score (nSPS) is 17.8. The first-order valence-corrected chi connectivity index (χ1v) is 7.97. The van der Waals surface area contributed by atoms with Gasteiger partial charge in [0.1, 0.15) is 11.3 Å². The molecule has 0 aromatic heterocycles. The highest BCUT2D eigenvalue weighted by atomic mass is 32.2. The fourth-order valence-electron chi connectivity index (χ4n) is 2.33. The third-order valence-corrected chi connectivity index (χ3v) is 5.56. The predicted molar refractivity (Wildman–Crippen MR) is 73.6 cm³/mol. The van der Waals surface area contributed by atoms with Crippen LogP contribution in [0.15, 0.2) is 23.1 Å². The zero-order valence-electron chi connectivity index (χ0n) is 11.3. The Morgan fingerprint density at radius 1 is 1.29 bits per heavy atom. The van der Waals surface area contributed by atoms with Gasteiger partial charge in [-0.1, -0.05) is 0 Å². The molecule has 7 nitrogen and oxygen atoms in total. The Morgan fingerprint density at radius 2 is 1.90 bits per heavy atom. The summed E-state index contributed by atoms with van der Waals surface area (Å²) in [5.74, 6) is -1.75. The molecule has 116 valence electrons. The van der Waals surface area contributed by atoms with E-state index in [1.54, 1.807) is 0 Å².